The summed E-state index contributed by atoms with van der Waals surface area (Å²) < 4.78 is 0. The van der Waals surface area contributed by atoms with E-state index in [4.69, 9.17) is 0 Å². The zero-order chi connectivity index (χ0) is 16.7. The van der Waals surface area contributed by atoms with E-state index in [1.54, 1.807) is 0 Å². The summed E-state index contributed by atoms with van der Waals surface area (Å²) in [5.74, 6) is 7.21. The molecule has 1 nitrogen and oxygen atoms in total. The molecule has 3 fully saturated rings. The first-order valence-electron chi connectivity index (χ1n) is 10.5. The standard InChI is InChI=1S/C22H40N/c1-14-9-16(3)21(17(4)10-14)20-7-8-23(13-20)22-18(5)11-15(2)12-19(22)6/h13-22H,7-12H2,1-6H3/t14?,15?,16-,17-,18+,19+,20?,21?,22?/m0/s1. The Balaban J connectivity index is 1.64. The van der Waals surface area contributed by atoms with Crippen LogP contribution in [0.4, 0.5) is 0 Å². The minimum Gasteiger partial charge on any atom is -0.295 e. The first kappa shape index (κ1) is 17.8. The highest BCUT2D eigenvalue weighted by molar-refractivity contribution is 5.00. The van der Waals surface area contributed by atoms with E-state index < -0.39 is 0 Å². The molecule has 1 heteroatoms. The van der Waals surface area contributed by atoms with Crippen LogP contribution in [0.2, 0.25) is 0 Å². The molecule has 1 radical (unpaired) electrons. The highest BCUT2D eigenvalue weighted by Crippen LogP contribution is 2.47. The van der Waals surface area contributed by atoms with E-state index in [1.807, 2.05) is 0 Å². The molecule has 0 bridgehead atoms. The molecule has 0 amide bonds. The van der Waals surface area contributed by atoms with E-state index in [0.717, 1.165) is 53.4 Å². The Labute approximate surface area is 145 Å². The van der Waals surface area contributed by atoms with Crippen LogP contribution in [0.25, 0.3) is 0 Å². The monoisotopic (exact) mass is 318 g/mol. The van der Waals surface area contributed by atoms with Crippen LogP contribution < -0.4 is 0 Å². The van der Waals surface area contributed by atoms with Crippen LogP contribution in [-0.4, -0.2) is 17.5 Å². The highest BCUT2D eigenvalue weighted by atomic mass is 15.2. The summed E-state index contributed by atoms with van der Waals surface area (Å²) in [4.78, 5) is 2.79. The Morgan fingerprint density at radius 3 is 1.70 bits per heavy atom. The van der Waals surface area contributed by atoms with E-state index in [0.29, 0.717) is 0 Å². The van der Waals surface area contributed by atoms with Crippen molar-refractivity contribution >= 4 is 0 Å². The first-order chi connectivity index (χ1) is 10.9. The van der Waals surface area contributed by atoms with Crippen molar-refractivity contribution in [2.24, 2.45) is 47.3 Å². The predicted molar refractivity (Wildman–Crippen MR) is 99.8 cm³/mol. The Hall–Kier alpha value is -0.0400. The van der Waals surface area contributed by atoms with Crippen LogP contribution in [0.5, 0.6) is 0 Å². The summed E-state index contributed by atoms with van der Waals surface area (Å²) in [6.45, 7) is 19.0. The molecule has 1 unspecified atom stereocenters. The molecule has 23 heavy (non-hydrogen) atoms. The average molecular weight is 319 g/mol. The second kappa shape index (κ2) is 7.06. The summed E-state index contributed by atoms with van der Waals surface area (Å²) in [7, 11) is 0. The third-order valence-corrected chi connectivity index (χ3v) is 7.56. The maximum Gasteiger partial charge on any atom is 0.0289 e. The van der Waals surface area contributed by atoms with Crippen molar-refractivity contribution in [3.63, 3.8) is 0 Å². The summed E-state index contributed by atoms with van der Waals surface area (Å²) in [6, 6.07) is 0.810. The largest absolute Gasteiger partial charge is 0.295 e. The SMILES string of the molecule is CC1C[C@@H](C)C(N2[CH]C(C3[C@@H](C)CC(C)C[C@@H]3C)CC2)[C@H](C)C1. The zero-order valence-corrected chi connectivity index (χ0v) is 16.5. The van der Waals surface area contributed by atoms with E-state index in [1.165, 1.54) is 38.6 Å². The minimum atomic E-state index is 0.810. The van der Waals surface area contributed by atoms with E-state index >= 15 is 0 Å². The van der Waals surface area contributed by atoms with Crippen molar-refractivity contribution in [3.8, 4) is 0 Å². The van der Waals surface area contributed by atoms with Gasteiger partial charge < -0.3 is 0 Å². The summed E-state index contributed by atoms with van der Waals surface area (Å²) in [5, 5.41) is 0. The van der Waals surface area contributed by atoms with Crippen LogP contribution in [0.3, 0.4) is 0 Å². The zero-order valence-electron chi connectivity index (χ0n) is 16.5. The van der Waals surface area contributed by atoms with Gasteiger partial charge in [0.2, 0.25) is 0 Å². The van der Waals surface area contributed by atoms with Gasteiger partial charge in [0.25, 0.3) is 0 Å². The lowest BCUT2D eigenvalue weighted by molar-refractivity contribution is 0.0692. The molecule has 3 aliphatic rings. The lowest BCUT2D eigenvalue weighted by Gasteiger charge is -2.44. The van der Waals surface area contributed by atoms with E-state index in [-0.39, 0.29) is 0 Å². The minimum absolute atomic E-state index is 0.810. The smallest absolute Gasteiger partial charge is 0.0289 e. The molecule has 0 spiro atoms. The molecule has 3 rings (SSSR count). The Morgan fingerprint density at radius 2 is 1.17 bits per heavy atom. The number of hydrogen-bond acceptors (Lipinski definition) is 1. The highest BCUT2D eigenvalue weighted by Gasteiger charge is 2.43. The van der Waals surface area contributed by atoms with Gasteiger partial charge in [-0.05, 0) is 86.0 Å². The third-order valence-electron chi connectivity index (χ3n) is 7.56. The van der Waals surface area contributed by atoms with Gasteiger partial charge in [-0.25, -0.2) is 0 Å². The number of likely N-dealkylation sites (tertiary alicyclic amines) is 1. The number of rotatable bonds is 2. The Morgan fingerprint density at radius 1 is 0.696 bits per heavy atom. The van der Waals surface area contributed by atoms with Gasteiger partial charge in [0.15, 0.2) is 0 Å². The molecule has 0 aromatic heterocycles. The lowest BCUT2D eigenvalue weighted by atomic mass is 9.64. The van der Waals surface area contributed by atoms with Crippen molar-refractivity contribution in [3.05, 3.63) is 6.54 Å². The summed E-state index contributed by atoms with van der Waals surface area (Å²) in [5.41, 5.74) is 0. The van der Waals surface area contributed by atoms with Crippen molar-refractivity contribution in [1.82, 2.24) is 4.90 Å². The second-order valence-electron chi connectivity index (χ2n) is 9.97. The van der Waals surface area contributed by atoms with Gasteiger partial charge in [-0.1, -0.05) is 41.5 Å². The molecule has 0 aromatic rings. The first-order valence-corrected chi connectivity index (χ1v) is 10.5. The van der Waals surface area contributed by atoms with Gasteiger partial charge >= 0.3 is 0 Å². The number of hydrogen-bond donors (Lipinski definition) is 0. The molecular weight excluding hydrogens is 278 g/mol. The van der Waals surface area contributed by atoms with Crippen LogP contribution in [0.15, 0.2) is 0 Å². The fourth-order valence-corrected chi connectivity index (χ4v) is 7.18. The van der Waals surface area contributed by atoms with Gasteiger partial charge in [0, 0.05) is 12.6 Å². The molecule has 1 heterocycles. The van der Waals surface area contributed by atoms with Gasteiger partial charge in [-0.2, -0.15) is 0 Å². The van der Waals surface area contributed by atoms with Gasteiger partial charge in [0.1, 0.15) is 0 Å². The van der Waals surface area contributed by atoms with Crippen LogP contribution in [0.1, 0.15) is 73.6 Å². The lowest BCUT2D eigenvalue weighted by Crippen LogP contribution is -2.45. The van der Waals surface area contributed by atoms with Crippen LogP contribution in [-0.2, 0) is 0 Å². The molecule has 1 aliphatic heterocycles. The molecule has 0 aromatic carbocycles. The van der Waals surface area contributed by atoms with Crippen molar-refractivity contribution in [2.75, 3.05) is 6.54 Å². The van der Waals surface area contributed by atoms with Gasteiger partial charge in [0.05, 0.1) is 0 Å². The molecule has 5 atom stereocenters. The molecule has 0 N–H and O–H groups in total. The Kier molecular flexibility index (Phi) is 5.46. The van der Waals surface area contributed by atoms with Crippen LogP contribution >= 0.6 is 0 Å². The maximum absolute atomic E-state index is 2.79. The quantitative estimate of drug-likeness (QED) is 0.616. The van der Waals surface area contributed by atoms with Crippen LogP contribution in [0, 0.1) is 53.9 Å². The molecule has 1 saturated heterocycles. The summed E-state index contributed by atoms with van der Waals surface area (Å²) in [6.07, 6.45) is 7.18. The fourth-order valence-electron chi connectivity index (χ4n) is 7.18. The normalized spacial score (nSPS) is 52.7. The van der Waals surface area contributed by atoms with Crippen molar-refractivity contribution in [1.29, 1.82) is 0 Å². The molecule has 2 aliphatic carbocycles. The average Bonchev–Trinajstić information content (AvgIpc) is 2.85. The summed E-state index contributed by atoms with van der Waals surface area (Å²) >= 11 is 0. The topological polar surface area (TPSA) is 3.24 Å². The molecule has 2 saturated carbocycles. The second-order valence-corrected chi connectivity index (χ2v) is 9.97. The third kappa shape index (κ3) is 3.65. The van der Waals surface area contributed by atoms with Crippen molar-refractivity contribution in [2.45, 2.75) is 79.7 Å². The van der Waals surface area contributed by atoms with Gasteiger partial charge in [-0.3, -0.25) is 4.90 Å². The predicted octanol–water partition coefficient (Wildman–Crippen LogP) is 5.86. The Bertz CT molecular complexity index is 331. The molecule has 133 valence electrons. The van der Waals surface area contributed by atoms with E-state index in [2.05, 4.69) is 53.0 Å². The molecular formula is C22H40N. The van der Waals surface area contributed by atoms with Crippen molar-refractivity contribution < 1.29 is 0 Å². The van der Waals surface area contributed by atoms with Gasteiger partial charge in [-0.15, -0.1) is 0 Å². The number of nitrogens with zero attached hydrogens (tertiary/aromatic N) is 1. The van der Waals surface area contributed by atoms with E-state index in [9.17, 15) is 0 Å². The fraction of sp³-hybridized carbons (Fsp3) is 0.955. The maximum atomic E-state index is 2.79.